The number of benzene rings is 1. The fourth-order valence-corrected chi connectivity index (χ4v) is 5.34. The molecule has 0 unspecified atom stereocenters. The zero-order chi connectivity index (χ0) is 23.1. The number of hydrogen-bond donors (Lipinski definition) is 1. The Balaban J connectivity index is 1.37. The van der Waals surface area contributed by atoms with Gasteiger partial charge in [0.15, 0.2) is 0 Å². The summed E-state index contributed by atoms with van der Waals surface area (Å²) in [6.07, 6.45) is 11.4. The van der Waals surface area contributed by atoms with E-state index in [1.165, 1.54) is 24.1 Å². The summed E-state index contributed by atoms with van der Waals surface area (Å²) < 4.78 is 6.05. The van der Waals surface area contributed by atoms with Crippen molar-refractivity contribution < 1.29 is 9.53 Å². The minimum Gasteiger partial charge on any atom is -0.491 e. The van der Waals surface area contributed by atoms with Crippen LogP contribution in [0.4, 0.5) is 0 Å². The van der Waals surface area contributed by atoms with Gasteiger partial charge in [0.05, 0.1) is 12.0 Å². The smallest absolute Gasteiger partial charge is 0.228 e. The first kappa shape index (κ1) is 23.8. The van der Waals surface area contributed by atoms with Crippen LogP contribution >= 0.6 is 0 Å². The number of imidazole rings is 1. The summed E-state index contributed by atoms with van der Waals surface area (Å²) in [5.74, 6) is 2.38. The number of fused-ring (bicyclic) bond motifs is 1. The number of likely N-dealkylation sites (N-methyl/N-ethyl adjacent to an activating group) is 1. The Morgan fingerprint density at radius 1 is 1.12 bits per heavy atom. The van der Waals surface area contributed by atoms with E-state index in [0.29, 0.717) is 19.1 Å². The van der Waals surface area contributed by atoms with Gasteiger partial charge in [-0.05, 0) is 63.2 Å². The van der Waals surface area contributed by atoms with Crippen LogP contribution in [0.5, 0.6) is 5.75 Å². The highest BCUT2D eigenvalue weighted by molar-refractivity contribution is 5.82. The second-order valence-corrected chi connectivity index (χ2v) is 9.91. The number of aryl methyl sites for hydroxylation is 2. The van der Waals surface area contributed by atoms with E-state index in [4.69, 9.17) is 4.74 Å². The minimum atomic E-state index is -0.232. The number of hydrogen-bond acceptors (Lipinski definition) is 4. The lowest BCUT2D eigenvalue weighted by Crippen LogP contribution is -2.50. The van der Waals surface area contributed by atoms with Crippen LogP contribution in [-0.2, 0) is 24.2 Å². The van der Waals surface area contributed by atoms with Crippen LogP contribution in [0, 0.1) is 5.41 Å². The predicted molar refractivity (Wildman–Crippen MR) is 131 cm³/mol. The predicted octanol–water partition coefficient (Wildman–Crippen LogP) is 4.60. The Labute approximate surface area is 198 Å². The molecule has 0 radical (unpaired) electrons. The molecule has 6 heteroatoms. The monoisotopic (exact) mass is 452 g/mol. The largest absolute Gasteiger partial charge is 0.491 e. The van der Waals surface area contributed by atoms with Crippen LogP contribution in [0.3, 0.4) is 0 Å². The van der Waals surface area contributed by atoms with Crippen molar-refractivity contribution in [1.82, 2.24) is 19.8 Å². The highest BCUT2D eigenvalue weighted by Crippen LogP contribution is 2.39. The van der Waals surface area contributed by atoms with Gasteiger partial charge in [-0.3, -0.25) is 9.69 Å². The van der Waals surface area contributed by atoms with Crippen LogP contribution < -0.4 is 4.74 Å². The van der Waals surface area contributed by atoms with Gasteiger partial charge < -0.3 is 14.6 Å². The van der Waals surface area contributed by atoms with Crippen molar-refractivity contribution >= 4 is 5.91 Å². The summed E-state index contributed by atoms with van der Waals surface area (Å²) in [5, 5.41) is 0. The number of rotatable bonds is 5. The SMILES string of the molecule is CCCCc1ncc(CN2CCC3(CCCCc4ccccc4OCCN(C)C3=O)CC2)[nH]1. The van der Waals surface area contributed by atoms with Gasteiger partial charge in [-0.1, -0.05) is 38.0 Å². The Morgan fingerprint density at radius 3 is 2.76 bits per heavy atom. The Morgan fingerprint density at radius 2 is 1.94 bits per heavy atom. The van der Waals surface area contributed by atoms with E-state index in [9.17, 15) is 4.79 Å². The number of amides is 1. The highest BCUT2D eigenvalue weighted by Gasteiger charge is 2.42. The molecule has 6 nitrogen and oxygen atoms in total. The van der Waals surface area contributed by atoms with Crippen molar-refractivity contribution in [3.63, 3.8) is 0 Å². The summed E-state index contributed by atoms with van der Waals surface area (Å²) in [7, 11) is 1.94. The van der Waals surface area contributed by atoms with E-state index in [1.54, 1.807) is 0 Å². The molecule has 4 rings (SSSR count). The third-order valence-corrected chi connectivity index (χ3v) is 7.46. The first-order valence-corrected chi connectivity index (χ1v) is 12.8. The van der Waals surface area contributed by atoms with Crippen molar-refractivity contribution in [2.24, 2.45) is 5.41 Å². The van der Waals surface area contributed by atoms with E-state index in [0.717, 1.165) is 76.2 Å². The molecule has 1 amide bonds. The molecule has 1 spiro atoms. The topological polar surface area (TPSA) is 61.5 Å². The third-order valence-electron chi connectivity index (χ3n) is 7.46. The number of carbonyl (C=O) groups excluding carboxylic acids is 1. The normalized spacial score (nSPS) is 20.1. The van der Waals surface area contributed by atoms with Gasteiger partial charge in [-0.25, -0.2) is 4.98 Å². The van der Waals surface area contributed by atoms with Gasteiger partial charge in [0.2, 0.25) is 5.91 Å². The molecule has 33 heavy (non-hydrogen) atoms. The Bertz CT molecular complexity index is 901. The molecule has 0 bridgehead atoms. The van der Waals surface area contributed by atoms with Crippen LogP contribution in [-0.4, -0.2) is 59.0 Å². The van der Waals surface area contributed by atoms with Crippen molar-refractivity contribution in [1.29, 1.82) is 0 Å². The Hall–Kier alpha value is -2.34. The number of H-pyrrole nitrogens is 1. The van der Waals surface area contributed by atoms with Crippen LogP contribution in [0.25, 0.3) is 0 Å². The van der Waals surface area contributed by atoms with Gasteiger partial charge >= 0.3 is 0 Å². The molecular weight excluding hydrogens is 412 g/mol. The first-order chi connectivity index (χ1) is 16.1. The van der Waals surface area contributed by atoms with Gasteiger partial charge in [0.1, 0.15) is 18.2 Å². The van der Waals surface area contributed by atoms with Crippen molar-refractivity contribution in [3.05, 3.63) is 47.5 Å². The number of nitrogens with zero attached hydrogens (tertiary/aromatic N) is 3. The molecule has 2 aromatic rings. The van der Waals surface area contributed by atoms with Gasteiger partial charge in [0.25, 0.3) is 0 Å². The number of carbonyl (C=O) groups is 1. The standard InChI is InChI=1S/C27H40N4O2/c1-3-4-12-25-28-20-23(29-25)21-31-16-14-27(15-17-31)13-8-7-10-22-9-5-6-11-24(22)33-19-18-30(2)26(27)32/h5-6,9,11,20H,3-4,7-8,10,12-19,21H2,1-2H3,(H,28,29). The number of ether oxygens (including phenoxy) is 1. The lowest BCUT2D eigenvalue weighted by molar-refractivity contribution is -0.145. The summed E-state index contributed by atoms with van der Waals surface area (Å²) in [6, 6.07) is 8.34. The fraction of sp³-hybridized carbons (Fsp3) is 0.630. The van der Waals surface area contributed by atoms with Crippen molar-refractivity contribution in [3.8, 4) is 5.75 Å². The average molecular weight is 453 g/mol. The first-order valence-electron chi connectivity index (χ1n) is 12.8. The minimum absolute atomic E-state index is 0.232. The lowest BCUT2D eigenvalue weighted by Gasteiger charge is -2.42. The second kappa shape index (κ2) is 11.2. The van der Waals surface area contributed by atoms with Gasteiger partial charge in [-0.15, -0.1) is 0 Å². The number of piperidine rings is 1. The number of nitrogens with one attached hydrogen (secondary N) is 1. The van der Waals surface area contributed by atoms with E-state index in [2.05, 4.69) is 33.9 Å². The van der Waals surface area contributed by atoms with Gasteiger partial charge in [0, 0.05) is 31.9 Å². The molecular formula is C27H40N4O2. The summed E-state index contributed by atoms with van der Waals surface area (Å²) in [6.45, 7) is 6.20. The molecule has 1 N–H and O–H groups in total. The molecule has 180 valence electrons. The molecule has 1 aromatic heterocycles. The second-order valence-electron chi connectivity index (χ2n) is 9.91. The maximum Gasteiger partial charge on any atom is 0.228 e. The summed E-state index contributed by atoms with van der Waals surface area (Å²) >= 11 is 0. The number of para-hydroxylation sites is 1. The van der Waals surface area contributed by atoms with E-state index < -0.39 is 0 Å². The highest BCUT2D eigenvalue weighted by atomic mass is 16.5. The van der Waals surface area contributed by atoms with Crippen LogP contribution in [0.2, 0.25) is 0 Å². The number of unbranched alkanes of at least 4 members (excludes halogenated alkanes) is 1. The average Bonchev–Trinajstić information content (AvgIpc) is 3.28. The van der Waals surface area contributed by atoms with E-state index >= 15 is 0 Å². The number of aromatic nitrogens is 2. The summed E-state index contributed by atoms with van der Waals surface area (Å²) in [4.78, 5) is 26.0. The fourth-order valence-electron chi connectivity index (χ4n) is 5.34. The molecule has 2 aliphatic heterocycles. The van der Waals surface area contributed by atoms with E-state index in [1.807, 2.05) is 30.3 Å². The van der Waals surface area contributed by atoms with Crippen LogP contribution in [0.1, 0.15) is 69.0 Å². The maximum absolute atomic E-state index is 13.6. The maximum atomic E-state index is 13.6. The molecule has 3 heterocycles. The Kier molecular flexibility index (Phi) is 8.07. The quantitative estimate of drug-likeness (QED) is 0.720. The number of aromatic amines is 1. The lowest BCUT2D eigenvalue weighted by atomic mass is 9.73. The molecule has 1 aromatic carbocycles. The van der Waals surface area contributed by atoms with Crippen molar-refractivity contribution in [2.45, 2.75) is 71.3 Å². The van der Waals surface area contributed by atoms with Gasteiger partial charge in [-0.2, -0.15) is 0 Å². The number of likely N-dealkylation sites (tertiary alicyclic amines) is 1. The molecule has 0 aliphatic carbocycles. The zero-order valence-electron chi connectivity index (χ0n) is 20.4. The van der Waals surface area contributed by atoms with E-state index in [-0.39, 0.29) is 5.41 Å². The molecule has 1 fully saturated rings. The molecule has 0 saturated carbocycles. The molecule has 2 aliphatic rings. The molecule has 0 atom stereocenters. The summed E-state index contributed by atoms with van der Waals surface area (Å²) in [5.41, 5.74) is 2.24. The van der Waals surface area contributed by atoms with Crippen LogP contribution in [0.15, 0.2) is 30.5 Å². The third kappa shape index (κ3) is 5.97. The van der Waals surface area contributed by atoms with Crippen molar-refractivity contribution in [2.75, 3.05) is 33.3 Å². The molecule has 1 saturated heterocycles. The zero-order valence-corrected chi connectivity index (χ0v) is 20.4.